The molecule has 140 valence electrons. The summed E-state index contributed by atoms with van der Waals surface area (Å²) in [6.45, 7) is 0. The minimum atomic E-state index is -4.46. The van der Waals surface area contributed by atoms with E-state index < -0.39 is 17.6 Å². The largest absolute Gasteiger partial charge is 0.416 e. The molecule has 0 aliphatic carbocycles. The molecule has 2 nitrogen and oxygen atoms in total. The van der Waals surface area contributed by atoms with E-state index in [4.69, 9.17) is 0 Å². The molecule has 0 atom stereocenters. The number of alkyl halides is 3. The molecule has 28 heavy (non-hydrogen) atoms. The van der Waals surface area contributed by atoms with E-state index in [2.05, 4.69) is 17.2 Å². The van der Waals surface area contributed by atoms with Gasteiger partial charge in [-0.25, -0.2) is 4.39 Å². The lowest BCUT2D eigenvalue weighted by atomic mass is 10.1. The predicted molar refractivity (Wildman–Crippen MR) is 98.2 cm³/mol. The standard InChI is InChI=1S/C22H13F4NO/c23-19-13-6-15(7-14-19)5-8-16-3-1-2-4-20(16)27-21(28)17-9-11-18(12-10-17)22(24,25)26/h1-4,6-7,9-14H,(H,27,28). The van der Waals surface area contributed by atoms with Crippen LogP contribution < -0.4 is 5.32 Å². The topological polar surface area (TPSA) is 29.1 Å². The number of benzene rings is 3. The first-order chi connectivity index (χ1) is 13.3. The van der Waals surface area contributed by atoms with E-state index in [0.717, 1.165) is 24.3 Å². The normalized spacial score (nSPS) is 10.7. The number of carbonyl (C=O) groups is 1. The summed E-state index contributed by atoms with van der Waals surface area (Å²) in [4.78, 5) is 12.4. The van der Waals surface area contributed by atoms with Gasteiger partial charge in [0.25, 0.3) is 5.91 Å². The van der Waals surface area contributed by atoms with Gasteiger partial charge in [-0.2, -0.15) is 13.2 Å². The Bertz CT molecular complexity index is 1040. The van der Waals surface area contributed by atoms with Crippen molar-refractivity contribution in [1.29, 1.82) is 0 Å². The zero-order chi connectivity index (χ0) is 20.1. The average molecular weight is 383 g/mol. The second kappa shape index (κ2) is 7.97. The van der Waals surface area contributed by atoms with E-state index in [0.29, 0.717) is 16.8 Å². The number of para-hydroxylation sites is 1. The molecule has 0 saturated heterocycles. The number of hydrogen-bond acceptors (Lipinski definition) is 1. The number of rotatable bonds is 2. The smallest absolute Gasteiger partial charge is 0.321 e. The summed E-state index contributed by atoms with van der Waals surface area (Å²) < 4.78 is 50.8. The van der Waals surface area contributed by atoms with E-state index in [1.54, 1.807) is 24.3 Å². The number of halogens is 4. The third kappa shape index (κ3) is 4.77. The Morgan fingerprint density at radius 1 is 0.821 bits per heavy atom. The first kappa shape index (κ1) is 19.2. The molecule has 0 bridgehead atoms. The van der Waals surface area contributed by atoms with Gasteiger partial charge in [-0.05, 0) is 60.7 Å². The summed E-state index contributed by atoms with van der Waals surface area (Å²) in [6, 6.07) is 16.4. The number of hydrogen-bond donors (Lipinski definition) is 1. The number of amides is 1. The highest BCUT2D eigenvalue weighted by atomic mass is 19.4. The average Bonchev–Trinajstić information content (AvgIpc) is 2.68. The Morgan fingerprint density at radius 2 is 1.46 bits per heavy atom. The summed E-state index contributed by atoms with van der Waals surface area (Å²) >= 11 is 0. The highest BCUT2D eigenvalue weighted by molar-refractivity contribution is 6.05. The molecule has 6 heteroatoms. The minimum Gasteiger partial charge on any atom is -0.321 e. The van der Waals surface area contributed by atoms with Crippen LogP contribution in [0, 0.1) is 17.7 Å². The van der Waals surface area contributed by atoms with Crippen LogP contribution >= 0.6 is 0 Å². The van der Waals surface area contributed by atoms with Crippen LogP contribution in [0.2, 0.25) is 0 Å². The zero-order valence-electron chi connectivity index (χ0n) is 14.3. The monoisotopic (exact) mass is 383 g/mol. The predicted octanol–water partition coefficient (Wildman–Crippen LogP) is 5.50. The quantitative estimate of drug-likeness (QED) is 0.460. The van der Waals surface area contributed by atoms with E-state index in [1.807, 2.05) is 0 Å². The molecular weight excluding hydrogens is 370 g/mol. The number of nitrogens with one attached hydrogen (secondary N) is 1. The molecule has 0 unspecified atom stereocenters. The van der Waals surface area contributed by atoms with Gasteiger partial charge in [-0.15, -0.1) is 0 Å². The SMILES string of the molecule is O=C(Nc1ccccc1C#Cc1ccc(F)cc1)c1ccc(C(F)(F)F)cc1. The van der Waals surface area contributed by atoms with Crippen molar-refractivity contribution in [3.05, 3.63) is 101 Å². The summed E-state index contributed by atoms with van der Waals surface area (Å²) in [5.74, 6) is 4.85. The molecule has 0 saturated carbocycles. The maximum Gasteiger partial charge on any atom is 0.416 e. The van der Waals surface area contributed by atoms with Crippen LogP contribution in [-0.4, -0.2) is 5.91 Å². The van der Waals surface area contributed by atoms with Gasteiger partial charge in [0, 0.05) is 16.7 Å². The zero-order valence-corrected chi connectivity index (χ0v) is 14.3. The maximum absolute atomic E-state index is 13.0. The summed E-state index contributed by atoms with van der Waals surface area (Å²) in [6.07, 6.45) is -4.46. The van der Waals surface area contributed by atoms with Gasteiger partial charge >= 0.3 is 6.18 Å². The van der Waals surface area contributed by atoms with Crippen molar-refractivity contribution in [1.82, 2.24) is 0 Å². The Kier molecular flexibility index (Phi) is 5.46. The van der Waals surface area contributed by atoms with Gasteiger partial charge in [-0.3, -0.25) is 4.79 Å². The van der Waals surface area contributed by atoms with Gasteiger partial charge in [0.15, 0.2) is 0 Å². The summed E-state index contributed by atoms with van der Waals surface area (Å²) in [5.41, 5.74) is 0.809. The first-order valence-electron chi connectivity index (χ1n) is 8.18. The molecule has 3 rings (SSSR count). The van der Waals surface area contributed by atoms with Crippen molar-refractivity contribution in [2.75, 3.05) is 5.32 Å². The van der Waals surface area contributed by atoms with Gasteiger partial charge < -0.3 is 5.32 Å². The van der Waals surface area contributed by atoms with Crippen molar-refractivity contribution in [2.45, 2.75) is 6.18 Å². The third-order valence-electron chi connectivity index (χ3n) is 3.84. The van der Waals surface area contributed by atoms with Crippen LogP contribution in [0.1, 0.15) is 27.0 Å². The van der Waals surface area contributed by atoms with Crippen molar-refractivity contribution in [2.24, 2.45) is 0 Å². The molecule has 3 aromatic rings. The van der Waals surface area contributed by atoms with E-state index in [1.165, 1.54) is 24.3 Å². The van der Waals surface area contributed by atoms with E-state index in [-0.39, 0.29) is 11.4 Å². The van der Waals surface area contributed by atoms with Gasteiger partial charge in [0.2, 0.25) is 0 Å². The van der Waals surface area contributed by atoms with E-state index in [9.17, 15) is 22.4 Å². The molecule has 0 radical (unpaired) electrons. The third-order valence-corrected chi connectivity index (χ3v) is 3.84. The van der Waals surface area contributed by atoms with Crippen LogP contribution in [0.15, 0.2) is 72.8 Å². The summed E-state index contributed by atoms with van der Waals surface area (Å²) in [5, 5.41) is 2.65. The van der Waals surface area contributed by atoms with Crippen LogP contribution in [0.5, 0.6) is 0 Å². The Labute approximate surface area is 158 Å². The molecule has 0 aliphatic rings. The highest BCUT2D eigenvalue weighted by Gasteiger charge is 2.30. The van der Waals surface area contributed by atoms with Crippen molar-refractivity contribution >= 4 is 11.6 Å². The molecule has 0 aliphatic heterocycles. The minimum absolute atomic E-state index is 0.0919. The molecule has 1 amide bonds. The van der Waals surface area contributed by atoms with Crippen molar-refractivity contribution in [3.8, 4) is 11.8 Å². The molecule has 0 spiro atoms. The fourth-order valence-electron chi connectivity index (χ4n) is 2.38. The maximum atomic E-state index is 13.0. The highest BCUT2D eigenvalue weighted by Crippen LogP contribution is 2.29. The number of carbonyl (C=O) groups excluding carboxylic acids is 1. The lowest BCUT2D eigenvalue weighted by Gasteiger charge is -2.09. The van der Waals surface area contributed by atoms with Crippen molar-refractivity contribution < 1.29 is 22.4 Å². The van der Waals surface area contributed by atoms with Crippen LogP contribution in [0.3, 0.4) is 0 Å². The van der Waals surface area contributed by atoms with Crippen LogP contribution in [0.4, 0.5) is 23.2 Å². The second-order valence-electron chi connectivity index (χ2n) is 5.83. The lowest BCUT2D eigenvalue weighted by molar-refractivity contribution is -0.137. The van der Waals surface area contributed by atoms with Crippen LogP contribution in [0.25, 0.3) is 0 Å². The fraction of sp³-hybridized carbons (Fsp3) is 0.0455. The first-order valence-corrected chi connectivity index (χ1v) is 8.18. The fourth-order valence-corrected chi connectivity index (χ4v) is 2.38. The van der Waals surface area contributed by atoms with Gasteiger partial charge in [-0.1, -0.05) is 24.0 Å². The summed E-state index contributed by atoms with van der Waals surface area (Å²) in [7, 11) is 0. The van der Waals surface area contributed by atoms with E-state index >= 15 is 0 Å². The molecular formula is C22H13F4NO. The van der Waals surface area contributed by atoms with Crippen LogP contribution in [-0.2, 0) is 6.18 Å². The lowest BCUT2D eigenvalue weighted by Crippen LogP contribution is -2.13. The Hall–Kier alpha value is -3.59. The van der Waals surface area contributed by atoms with Gasteiger partial charge in [0.1, 0.15) is 5.82 Å². The molecule has 1 N–H and O–H groups in total. The molecule has 0 fully saturated rings. The number of anilines is 1. The Morgan fingerprint density at radius 3 is 2.11 bits per heavy atom. The molecule has 0 heterocycles. The van der Waals surface area contributed by atoms with Gasteiger partial charge in [0.05, 0.1) is 11.3 Å². The molecule has 3 aromatic carbocycles. The second-order valence-corrected chi connectivity index (χ2v) is 5.83. The molecule has 0 aromatic heterocycles. The van der Waals surface area contributed by atoms with Crippen molar-refractivity contribution in [3.63, 3.8) is 0 Å². The Balaban J connectivity index is 1.80.